The Bertz CT molecular complexity index is 883. The Balaban J connectivity index is 2.43. The molecule has 2 heterocycles. The van der Waals surface area contributed by atoms with Crippen LogP contribution in [0.1, 0.15) is 38.9 Å². The molecular formula is C19H33N3O7Si. The predicted molar refractivity (Wildman–Crippen MR) is 113 cm³/mol. The quantitative estimate of drug-likeness (QED) is 0.430. The predicted octanol–water partition coefficient (Wildman–Crippen LogP) is -0.142. The fourth-order valence-electron chi connectivity index (χ4n) is 3.13. The Kier molecular flexibility index (Phi) is 7.14. The van der Waals surface area contributed by atoms with Gasteiger partial charge < -0.3 is 24.7 Å². The maximum atomic E-state index is 12.5. The highest BCUT2D eigenvalue weighted by atomic mass is 28.4. The van der Waals surface area contributed by atoms with Gasteiger partial charge in [0.2, 0.25) is 5.91 Å². The number of aliphatic hydroxyl groups is 2. The van der Waals surface area contributed by atoms with E-state index in [9.17, 15) is 24.6 Å². The van der Waals surface area contributed by atoms with Gasteiger partial charge in [-0.2, -0.15) is 0 Å². The molecule has 0 unspecified atom stereocenters. The number of H-pyrrole nitrogens is 1. The number of amides is 1. The van der Waals surface area contributed by atoms with E-state index in [1.165, 1.54) is 13.2 Å². The van der Waals surface area contributed by atoms with E-state index in [1.54, 1.807) is 0 Å². The van der Waals surface area contributed by atoms with Crippen molar-refractivity contribution >= 4 is 14.2 Å². The molecule has 1 amide bonds. The Hall–Kier alpha value is -1.79. The van der Waals surface area contributed by atoms with Gasteiger partial charge >= 0.3 is 5.69 Å². The monoisotopic (exact) mass is 443 g/mol. The number of aromatic nitrogens is 2. The first-order valence-corrected chi connectivity index (χ1v) is 12.8. The van der Waals surface area contributed by atoms with Crippen molar-refractivity contribution in [3.05, 3.63) is 32.6 Å². The summed E-state index contributed by atoms with van der Waals surface area (Å²) in [5.41, 5.74) is -2.61. The number of carbonyl (C=O) groups excluding carboxylic acids is 1. The van der Waals surface area contributed by atoms with Gasteiger partial charge in [-0.15, -0.1) is 0 Å². The maximum absolute atomic E-state index is 12.5. The second-order valence-corrected chi connectivity index (χ2v) is 14.0. The Morgan fingerprint density at radius 1 is 1.37 bits per heavy atom. The van der Waals surface area contributed by atoms with Crippen molar-refractivity contribution in [2.75, 3.05) is 20.3 Å². The molecule has 1 aromatic rings. The standard InChI is InChI=1S/C19H33N3O7Si/c1-18(2,3)30(5,6)29-14-7-13(28-19(14,10-23)11-24)12-8-22(9-15(25)20-4)17(27)21-16(12)26/h8,13-14,23-24H,7,9-11H2,1-6H3,(H,20,25)(H,21,26,27)/t13-,14+/m1/s1. The van der Waals surface area contributed by atoms with Crippen molar-refractivity contribution in [3.8, 4) is 0 Å². The van der Waals surface area contributed by atoms with Crippen LogP contribution in [0.4, 0.5) is 0 Å². The number of aromatic amines is 1. The van der Waals surface area contributed by atoms with Crippen LogP contribution in [-0.2, 0) is 20.5 Å². The normalized spacial score (nSPS) is 21.6. The van der Waals surface area contributed by atoms with E-state index in [0.717, 1.165) is 4.57 Å². The first-order valence-electron chi connectivity index (χ1n) is 9.92. The van der Waals surface area contributed by atoms with E-state index < -0.39 is 56.5 Å². The molecular weight excluding hydrogens is 410 g/mol. The molecule has 0 aliphatic carbocycles. The molecule has 2 rings (SSSR count). The van der Waals surface area contributed by atoms with E-state index >= 15 is 0 Å². The van der Waals surface area contributed by atoms with Crippen molar-refractivity contribution in [2.45, 2.75) is 69.7 Å². The summed E-state index contributed by atoms with van der Waals surface area (Å²) in [5.74, 6) is -0.401. The number of aliphatic hydroxyl groups excluding tert-OH is 2. The number of hydrogen-bond acceptors (Lipinski definition) is 7. The zero-order chi connectivity index (χ0) is 22.9. The van der Waals surface area contributed by atoms with Gasteiger partial charge in [0.25, 0.3) is 5.56 Å². The topological polar surface area (TPSA) is 143 Å². The molecule has 4 N–H and O–H groups in total. The highest BCUT2D eigenvalue weighted by Gasteiger charge is 2.53. The van der Waals surface area contributed by atoms with E-state index in [-0.39, 0.29) is 23.6 Å². The number of nitrogens with zero attached hydrogens (tertiary/aromatic N) is 1. The fraction of sp³-hybridized carbons (Fsp3) is 0.737. The van der Waals surface area contributed by atoms with Gasteiger partial charge in [-0.05, 0) is 18.1 Å². The van der Waals surface area contributed by atoms with Gasteiger partial charge in [-0.1, -0.05) is 20.8 Å². The lowest BCUT2D eigenvalue weighted by Crippen LogP contribution is -2.54. The summed E-state index contributed by atoms with van der Waals surface area (Å²) in [6.07, 6.45) is 0.0425. The Morgan fingerprint density at radius 2 is 1.97 bits per heavy atom. The molecule has 2 atom stereocenters. The van der Waals surface area contributed by atoms with Crippen LogP contribution in [0, 0.1) is 0 Å². The molecule has 170 valence electrons. The lowest BCUT2D eigenvalue weighted by molar-refractivity contribution is -0.134. The van der Waals surface area contributed by atoms with E-state index in [4.69, 9.17) is 9.16 Å². The van der Waals surface area contributed by atoms with Crippen LogP contribution >= 0.6 is 0 Å². The third-order valence-corrected chi connectivity index (χ3v) is 10.6. The molecule has 10 nitrogen and oxygen atoms in total. The number of likely N-dealkylation sites (N-methyl/N-ethyl adjacent to an activating group) is 1. The van der Waals surface area contributed by atoms with Crippen LogP contribution < -0.4 is 16.6 Å². The largest absolute Gasteiger partial charge is 0.411 e. The molecule has 0 radical (unpaired) electrons. The molecule has 1 saturated heterocycles. The maximum Gasteiger partial charge on any atom is 0.328 e. The molecule has 1 aliphatic heterocycles. The van der Waals surface area contributed by atoms with Gasteiger partial charge in [-0.3, -0.25) is 19.1 Å². The Labute approximate surface area is 176 Å². The minimum absolute atomic E-state index is 0.111. The van der Waals surface area contributed by atoms with E-state index in [1.807, 2.05) is 0 Å². The van der Waals surface area contributed by atoms with Crippen molar-refractivity contribution in [1.82, 2.24) is 14.9 Å². The molecule has 0 saturated carbocycles. The van der Waals surface area contributed by atoms with E-state index in [0.29, 0.717) is 0 Å². The number of rotatable bonds is 7. The first kappa shape index (κ1) is 24.5. The summed E-state index contributed by atoms with van der Waals surface area (Å²) in [4.78, 5) is 38.4. The molecule has 0 aromatic carbocycles. The van der Waals surface area contributed by atoms with Gasteiger partial charge in [0, 0.05) is 19.7 Å². The first-order chi connectivity index (χ1) is 13.8. The fourth-order valence-corrected chi connectivity index (χ4v) is 4.51. The summed E-state index contributed by atoms with van der Waals surface area (Å²) in [6.45, 7) is 9.08. The second-order valence-electron chi connectivity index (χ2n) is 9.23. The van der Waals surface area contributed by atoms with Gasteiger partial charge in [0.1, 0.15) is 12.1 Å². The van der Waals surface area contributed by atoms with Crippen LogP contribution in [-0.4, -0.2) is 66.0 Å². The van der Waals surface area contributed by atoms with Crippen LogP contribution in [0.25, 0.3) is 0 Å². The van der Waals surface area contributed by atoms with E-state index in [2.05, 4.69) is 44.2 Å². The van der Waals surface area contributed by atoms with Crippen LogP contribution in [0.5, 0.6) is 0 Å². The number of nitrogens with one attached hydrogen (secondary N) is 2. The Morgan fingerprint density at radius 3 is 2.47 bits per heavy atom. The summed E-state index contributed by atoms with van der Waals surface area (Å²) >= 11 is 0. The number of ether oxygens (including phenoxy) is 1. The smallest absolute Gasteiger partial charge is 0.328 e. The molecule has 0 bridgehead atoms. The summed E-state index contributed by atoms with van der Waals surface area (Å²) in [6, 6.07) is 0. The van der Waals surface area contributed by atoms with Gasteiger partial charge in [0.15, 0.2) is 8.32 Å². The molecule has 11 heteroatoms. The highest BCUT2D eigenvalue weighted by Crippen LogP contribution is 2.45. The minimum atomic E-state index is -2.28. The zero-order valence-corrected chi connectivity index (χ0v) is 19.4. The SMILES string of the molecule is CNC(=O)Cn1cc([C@H]2C[C@H](O[Si](C)(C)C(C)(C)C)C(CO)(CO)O2)c(=O)[nH]c1=O. The molecule has 1 aromatic heterocycles. The lowest BCUT2D eigenvalue weighted by Gasteiger charge is -2.42. The average molecular weight is 444 g/mol. The minimum Gasteiger partial charge on any atom is -0.411 e. The third kappa shape index (κ3) is 4.75. The zero-order valence-electron chi connectivity index (χ0n) is 18.4. The molecule has 0 spiro atoms. The van der Waals surface area contributed by atoms with Crippen LogP contribution in [0.15, 0.2) is 15.8 Å². The van der Waals surface area contributed by atoms with Crippen molar-refractivity contribution in [1.29, 1.82) is 0 Å². The van der Waals surface area contributed by atoms with Crippen LogP contribution in [0.2, 0.25) is 18.1 Å². The van der Waals surface area contributed by atoms with Crippen molar-refractivity contribution in [2.24, 2.45) is 0 Å². The summed E-state index contributed by atoms with van der Waals surface area (Å²) < 4.78 is 13.5. The third-order valence-electron chi connectivity index (χ3n) is 6.15. The van der Waals surface area contributed by atoms with Gasteiger partial charge in [0.05, 0.1) is 31.0 Å². The molecule has 1 fully saturated rings. The van der Waals surface area contributed by atoms with Crippen LogP contribution in [0.3, 0.4) is 0 Å². The number of hydrogen-bond donors (Lipinski definition) is 4. The van der Waals surface area contributed by atoms with Gasteiger partial charge in [-0.25, -0.2) is 4.79 Å². The second kappa shape index (κ2) is 8.75. The van der Waals surface area contributed by atoms with Crippen molar-refractivity contribution in [3.63, 3.8) is 0 Å². The number of carbonyl (C=O) groups is 1. The lowest BCUT2D eigenvalue weighted by atomic mass is 9.97. The molecule has 30 heavy (non-hydrogen) atoms. The molecule has 1 aliphatic rings. The highest BCUT2D eigenvalue weighted by molar-refractivity contribution is 6.74. The average Bonchev–Trinajstić information content (AvgIpc) is 3.00. The summed E-state index contributed by atoms with van der Waals surface area (Å²) in [7, 11) is -0.834. The van der Waals surface area contributed by atoms with Crippen molar-refractivity contribution < 1.29 is 24.2 Å². The summed E-state index contributed by atoms with van der Waals surface area (Å²) in [5, 5.41) is 22.4.